The van der Waals surface area contributed by atoms with Gasteiger partial charge in [0.25, 0.3) is 0 Å². The van der Waals surface area contributed by atoms with Gasteiger partial charge in [-0.25, -0.2) is 14.2 Å². The van der Waals surface area contributed by atoms with Crippen molar-refractivity contribution in [3.05, 3.63) is 102 Å². The molecule has 5 rings (SSSR count). The van der Waals surface area contributed by atoms with Crippen molar-refractivity contribution in [2.75, 3.05) is 42.3 Å². The van der Waals surface area contributed by atoms with E-state index in [-0.39, 0.29) is 17.7 Å². The molecule has 0 radical (unpaired) electrons. The third kappa shape index (κ3) is 9.26. The second-order valence-electron chi connectivity index (χ2n) is 10.9. The van der Waals surface area contributed by atoms with Crippen molar-refractivity contribution in [2.24, 2.45) is 0 Å². The highest BCUT2D eigenvalue weighted by molar-refractivity contribution is 6.12. The summed E-state index contributed by atoms with van der Waals surface area (Å²) in [5, 5.41) is 14.6. The van der Waals surface area contributed by atoms with E-state index in [1.807, 2.05) is 18.0 Å². The lowest BCUT2D eigenvalue weighted by Crippen LogP contribution is -2.29. The predicted octanol–water partition coefficient (Wildman–Crippen LogP) is 5.69. The molecule has 1 aliphatic rings. The maximum atomic E-state index is 13.5. The van der Waals surface area contributed by atoms with Gasteiger partial charge in [0.15, 0.2) is 12.1 Å². The number of rotatable bonds is 11. The van der Waals surface area contributed by atoms with E-state index in [4.69, 9.17) is 9.47 Å². The highest BCUT2D eigenvalue weighted by atomic mass is 19.1. The Morgan fingerprint density at radius 2 is 1.89 bits per heavy atom. The van der Waals surface area contributed by atoms with Gasteiger partial charge in [-0.15, -0.1) is 0 Å². The molecular weight excluding hydrogens is 605 g/mol. The SMILES string of the molecule is CN(CCOC1CCCCO1)c1cc(NC(=O)O)c(NC(=O)CC(=O)c2cccc(-n3ccnc3)c2)cc1C#Cc1ccc(F)cc1. The fourth-order valence-electron chi connectivity index (χ4n) is 4.98. The number of ether oxygens (including phenoxy) is 2. The number of carboxylic acid groups (broad SMARTS) is 1. The average molecular weight is 640 g/mol. The zero-order valence-electron chi connectivity index (χ0n) is 25.7. The van der Waals surface area contributed by atoms with E-state index >= 15 is 0 Å². The van der Waals surface area contributed by atoms with Gasteiger partial charge in [0.05, 0.1) is 42.0 Å². The molecule has 1 saturated heterocycles. The van der Waals surface area contributed by atoms with E-state index < -0.39 is 30.0 Å². The predicted molar refractivity (Wildman–Crippen MR) is 174 cm³/mol. The van der Waals surface area contributed by atoms with Gasteiger partial charge in [-0.3, -0.25) is 14.9 Å². The molecule has 0 saturated carbocycles. The van der Waals surface area contributed by atoms with Crippen molar-refractivity contribution in [2.45, 2.75) is 32.0 Å². The molecule has 1 aliphatic heterocycles. The Kier molecular flexibility index (Phi) is 11.0. The van der Waals surface area contributed by atoms with Gasteiger partial charge in [-0.2, -0.15) is 0 Å². The Hall–Kier alpha value is -5.51. The number of carbonyl (C=O) groups is 3. The van der Waals surface area contributed by atoms with Gasteiger partial charge in [-0.05, 0) is 67.8 Å². The lowest BCUT2D eigenvalue weighted by molar-refractivity contribution is -0.160. The van der Waals surface area contributed by atoms with Crippen LogP contribution < -0.4 is 15.5 Å². The fourth-order valence-corrected chi connectivity index (χ4v) is 4.98. The number of imidazole rings is 1. The van der Waals surface area contributed by atoms with Crippen LogP contribution in [0, 0.1) is 17.7 Å². The Morgan fingerprint density at radius 3 is 2.62 bits per heavy atom. The molecule has 1 fully saturated rings. The molecule has 47 heavy (non-hydrogen) atoms. The quantitative estimate of drug-likeness (QED) is 0.108. The number of halogens is 1. The van der Waals surface area contributed by atoms with Crippen LogP contribution in [0.5, 0.6) is 0 Å². The van der Waals surface area contributed by atoms with Crippen molar-refractivity contribution in [1.29, 1.82) is 0 Å². The maximum absolute atomic E-state index is 13.5. The minimum absolute atomic E-state index is 0.0890. The molecule has 1 aromatic heterocycles. The minimum atomic E-state index is -1.34. The van der Waals surface area contributed by atoms with Crippen molar-refractivity contribution >= 4 is 34.8 Å². The van der Waals surface area contributed by atoms with Gasteiger partial charge in [0.2, 0.25) is 5.91 Å². The summed E-state index contributed by atoms with van der Waals surface area (Å²) >= 11 is 0. The van der Waals surface area contributed by atoms with Gasteiger partial charge in [0, 0.05) is 49.4 Å². The third-order valence-corrected chi connectivity index (χ3v) is 7.41. The molecule has 1 unspecified atom stereocenters. The minimum Gasteiger partial charge on any atom is -0.465 e. The first-order chi connectivity index (χ1) is 22.7. The summed E-state index contributed by atoms with van der Waals surface area (Å²) in [5.41, 5.74) is 2.81. The molecule has 0 bridgehead atoms. The molecule has 2 amide bonds. The number of benzene rings is 3. The van der Waals surface area contributed by atoms with E-state index in [1.54, 1.807) is 65.8 Å². The van der Waals surface area contributed by atoms with Crippen molar-refractivity contribution in [1.82, 2.24) is 9.55 Å². The number of carbonyl (C=O) groups excluding carboxylic acids is 2. The topological polar surface area (TPSA) is 135 Å². The molecule has 1 atom stereocenters. The largest absolute Gasteiger partial charge is 0.465 e. The van der Waals surface area contributed by atoms with E-state index in [1.165, 1.54) is 12.1 Å². The summed E-state index contributed by atoms with van der Waals surface area (Å²) in [5.74, 6) is 4.61. The van der Waals surface area contributed by atoms with Crippen LogP contribution in [0.1, 0.15) is 47.2 Å². The first-order valence-corrected chi connectivity index (χ1v) is 15.1. The molecule has 3 aromatic carbocycles. The molecule has 242 valence electrons. The second-order valence-corrected chi connectivity index (χ2v) is 10.9. The molecule has 4 aromatic rings. The Morgan fingerprint density at radius 1 is 1.09 bits per heavy atom. The Balaban J connectivity index is 1.39. The van der Waals surface area contributed by atoms with Gasteiger partial charge >= 0.3 is 6.09 Å². The van der Waals surface area contributed by atoms with Crippen LogP contribution in [0.4, 0.5) is 26.2 Å². The Bertz CT molecular complexity index is 1780. The lowest BCUT2D eigenvalue weighted by Gasteiger charge is -2.26. The smallest absolute Gasteiger partial charge is 0.409 e. The number of nitrogens with one attached hydrogen (secondary N) is 2. The van der Waals surface area contributed by atoms with Crippen LogP contribution in [-0.2, 0) is 14.3 Å². The second kappa shape index (κ2) is 15.7. The number of anilines is 3. The van der Waals surface area contributed by atoms with E-state index in [2.05, 4.69) is 27.5 Å². The number of Topliss-reactive ketones (excluding diaryl/α,β-unsaturated/α-hetero) is 1. The summed E-state index contributed by atoms with van der Waals surface area (Å²) in [6.07, 6.45) is 5.71. The van der Waals surface area contributed by atoms with Gasteiger partial charge in [0.1, 0.15) is 5.82 Å². The molecule has 2 heterocycles. The van der Waals surface area contributed by atoms with Crippen molar-refractivity contribution in [3.63, 3.8) is 0 Å². The third-order valence-electron chi connectivity index (χ3n) is 7.41. The molecule has 3 N–H and O–H groups in total. The van der Waals surface area contributed by atoms with Gasteiger partial charge < -0.3 is 29.4 Å². The molecule has 11 nitrogen and oxygen atoms in total. The molecule has 0 spiro atoms. The lowest BCUT2D eigenvalue weighted by atomic mass is 10.1. The number of ketones is 1. The van der Waals surface area contributed by atoms with E-state index in [0.29, 0.717) is 47.8 Å². The number of amides is 2. The first kappa shape index (κ1) is 32.9. The Labute approximate surface area is 271 Å². The van der Waals surface area contributed by atoms with E-state index in [0.717, 1.165) is 19.3 Å². The summed E-state index contributed by atoms with van der Waals surface area (Å²) in [6, 6.07) is 15.6. The normalized spacial score (nSPS) is 14.0. The fraction of sp³-hybridized carbons (Fsp3) is 0.257. The standard InChI is InChI=1S/C35H34FN5O6/c1-40(16-18-47-34-7-2-3-17-46-34)31-21-30(39-35(44)45)29(20-25(31)11-8-24-9-12-27(36)13-10-24)38-33(43)22-32(42)26-5-4-6-28(19-26)41-15-14-37-23-41/h4-6,9-10,12-15,19-21,23,34,39H,2-3,7,16-18,22H2,1H3,(H,38,43)(H,44,45). The summed E-state index contributed by atoms with van der Waals surface area (Å²) in [7, 11) is 1.81. The van der Waals surface area contributed by atoms with Crippen molar-refractivity contribution < 1.29 is 33.4 Å². The molecule has 12 heteroatoms. The van der Waals surface area contributed by atoms with Crippen molar-refractivity contribution in [3.8, 4) is 17.5 Å². The number of hydrogen-bond donors (Lipinski definition) is 3. The van der Waals surface area contributed by atoms with Crippen LogP contribution in [0.2, 0.25) is 0 Å². The zero-order chi connectivity index (χ0) is 33.2. The number of aromatic nitrogens is 2. The number of likely N-dealkylation sites (N-methyl/N-ethyl adjacent to an activating group) is 1. The summed E-state index contributed by atoms with van der Waals surface area (Å²) in [6.45, 7) is 1.43. The number of hydrogen-bond acceptors (Lipinski definition) is 7. The van der Waals surface area contributed by atoms with Crippen LogP contribution in [-0.4, -0.2) is 65.5 Å². The summed E-state index contributed by atoms with van der Waals surface area (Å²) < 4.78 is 26.8. The average Bonchev–Trinajstić information content (AvgIpc) is 3.61. The zero-order valence-corrected chi connectivity index (χ0v) is 25.7. The maximum Gasteiger partial charge on any atom is 0.409 e. The summed E-state index contributed by atoms with van der Waals surface area (Å²) in [4.78, 5) is 43.8. The van der Waals surface area contributed by atoms with Crippen LogP contribution >= 0.6 is 0 Å². The number of nitrogens with zero attached hydrogens (tertiary/aromatic N) is 3. The van der Waals surface area contributed by atoms with Crippen LogP contribution in [0.25, 0.3) is 5.69 Å². The highest BCUT2D eigenvalue weighted by Gasteiger charge is 2.19. The van der Waals surface area contributed by atoms with Crippen LogP contribution in [0.3, 0.4) is 0 Å². The monoisotopic (exact) mass is 639 g/mol. The van der Waals surface area contributed by atoms with Crippen LogP contribution in [0.15, 0.2) is 79.4 Å². The molecule has 0 aliphatic carbocycles. The van der Waals surface area contributed by atoms with Gasteiger partial charge in [-0.1, -0.05) is 24.0 Å². The highest BCUT2D eigenvalue weighted by Crippen LogP contribution is 2.32. The molecular formula is C35H34FN5O6. The van der Waals surface area contributed by atoms with E-state index in [9.17, 15) is 23.9 Å². The first-order valence-electron chi connectivity index (χ1n) is 15.1.